The lowest BCUT2D eigenvalue weighted by Gasteiger charge is -2.34. The van der Waals surface area contributed by atoms with Crippen molar-refractivity contribution in [2.75, 3.05) is 38.1 Å². The molecule has 0 saturated carbocycles. The number of hydrogen-bond acceptors (Lipinski definition) is 6. The van der Waals surface area contributed by atoms with Crippen LogP contribution in [0.2, 0.25) is 0 Å². The van der Waals surface area contributed by atoms with Crippen LogP contribution in [0.5, 0.6) is 5.75 Å². The number of piperazine rings is 1. The zero-order valence-corrected chi connectivity index (χ0v) is 19.4. The van der Waals surface area contributed by atoms with Crippen molar-refractivity contribution in [3.8, 4) is 17.1 Å². The third kappa shape index (κ3) is 5.15. The van der Waals surface area contributed by atoms with E-state index in [1.54, 1.807) is 0 Å². The first-order chi connectivity index (χ1) is 14.8. The van der Waals surface area contributed by atoms with E-state index in [-0.39, 0.29) is 31.4 Å². The number of anilines is 1. The van der Waals surface area contributed by atoms with Crippen LogP contribution in [-0.4, -0.2) is 48.3 Å². The molecule has 0 atom stereocenters. The molecule has 2 heterocycles. The molecule has 8 heteroatoms. The highest BCUT2D eigenvalue weighted by molar-refractivity contribution is 5.95. The molecule has 1 aromatic heterocycles. The molecule has 3 aromatic carbocycles. The number of hydrogen-bond donors (Lipinski definition) is 0. The Balaban J connectivity index is 0.00000144. The molecule has 4 aromatic rings. The molecule has 32 heavy (non-hydrogen) atoms. The van der Waals surface area contributed by atoms with E-state index in [2.05, 4.69) is 57.3 Å². The highest BCUT2D eigenvalue weighted by atomic mass is 35.5. The lowest BCUT2D eigenvalue weighted by Crippen LogP contribution is -2.44. The van der Waals surface area contributed by atoms with Gasteiger partial charge < -0.3 is 19.1 Å². The van der Waals surface area contributed by atoms with Gasteiger partial charge in [0.2, 0.25) is 5.82 Å². The number of halogens is 2. The van der Waals surface area contributed by atoms with Gasteiger partial charge in [-0.25, -0.2) is 0 Å². The first-order valence-corrected chi connectivity index (χ1v) is 10.2. The minimum absolute atomic E-state index is 0. The average molecular weight is 473 g/mol. The normalized spacial score (nSPS) is 14.0. The number of fused-ring (bicyclic) bond motifs is 1. The van der Waals surface area contributed by atoms with Gasteiger partial charge in [0.15, 0.2) is 6.61 Å². The van der Waals surface area contributed by atoms with Crippen LogP contribution < -0.4 is 9.64 Å². The molecule has 0 spiro atoms. The quantitative estimate of drug-likeness (QED) is 0.404. The van der Waals surface area contributed by atoms with Crippen molar-refractivity contribution >= 4 is 41.3 Å². The van der Waals surface area contributed by atoms with Gasteiger partial charge in [0, 0.05) is 42.8 Å². The van der Waals surface area contributed by atoms with Gasteiger partial charge in [0.05, 0.1) is 0 Å². The van der Waals surface area contributed by atoms with Crippen molar-refractivity contribution in [3.63, 3.8) is 0 Å². The Morgan fingerprint density at radius 1 is 0.906 bits per heavy atom. The summed E-state index contributed by atoms with van der Waals surface area (Å²) in [4.78, 5) is 9.26. The van der Waals surface area contributed by atoms with Gasteiger partial charge in [-0.1, -0.05) is 53.7 Å². The Kier molecular flexibility index (Phi) is 7.96. The predicted molar refractivity (Wildman–Crippen MR) is 132 cm³/mol. The minimum Gasteiger partial charge on any atom is -0.484 e. The third-order valence-electron chi connectivity index (χ3n) is 5.54. The molecule has 0 unspecified atom stereocenters. The van der Waals surface area contributed by atoms with Gasteiger partial charge in [-0.2, -0.15) is 4.98 Å². The van der Waals surface area contributed by atoms with Crippen molar-refractivity contribution in [2.24, 2.45) is 0 Å². The molecule has 168 valence electrons. The lowest BCUT2D eigenvalue weighted by atomic mass is 10.1. The number of benzene rings is 3. The summed E-state index contributed by atoms with van der Waals surface area (Å²) in [6.07, 6.45) is 0. The molecule has 5 rings (SSSR count). The second kappa shape index (κ2) is 10.7. The van der Waals surface area contributed by atoms with E-state index < -0.39 is 0 Å². The molecule has 1 aliphatic rings. The summed E-state index contributed by atoms with van der Waals surface area (Å²) in [6.45, 7) is 4.46. The van der Waals surface area contributed by atoms with E-state index in [4.69, 9.17) is 9.26 Å². The monoisotopic (exact) mass is 472 g/mol. The molecular weight excluding hydrogens is 447 g/mol. The molecule has 0 aliphatic carbocycles. The van der Waals surface area contributed by atoms with Crippen molar-refractivity contribution in [2.45, 2.75) is 6.61 Å². The molecule has 1 aliphatic heterocycles. The van der Waals surface area contributed by atoms with Crippen molar-refractivity contribution in [1.82, 2.24) is 15.0 Å². The maximum atomic E-state index is 5.99. The van der Waals surface area contributed by atoms with E-state index in [1.807, 2.05) is 36.4 Å². The average Bonchev–Trinajstić information content (AvgIpc) is 3.28. The molecule has 0 N–H and O–H groups in total. The Labute approximate surface area is 200 Å². The number of rotatable bonds is 5. The number of nitrogens with zero attached hydrogens (tertiary/aromatic N) is 4. The van der Waals surface area contributed by atoms with Crippen molar-refractivity contribution in [1.29, 1.82) is 0 Å². The second-order valence-electron chi connectivity index (χ2n) is 7.62. The van der Waals surface area contributed by atoms with E-state index >= 15 is 0 Å². The Hall–Kier alpha value is -2.80. The van der Waals surface area contributed by atoms with Crippen molar-refractivity contribution in [3.05, 3.63) is 72.6 Å². The zero-order valence-electron chi connectivity index (χ0n) is 17.8. The smallest absolute Gasteiger partial charge is 0.264 e. The fraction of sp³-hybridized carbons (Fsp3) is 0.250. The maximum Gasteiger partial charge on any atom is 0.264 e. The Morgan fingerprint density at radius 2 is 1.69 bits per heavy atom. The Morgan fingerprint density at radius 3 is 2.47 bits per heavy atom. The van der Waals surface area contributed by atoms with Crippen LogP contribution in [0.4, 0.5) is 5.69 Å². The lowest BCUT2D eigenvalue weighted by molar-refractivity contribution is 0.243. The zero-order chi connectivity index (χ0) is 20.3. The molecule has 0 amide bonds. The third-order valence-corrected chi connectivity index (χ3v) is 5.54. The van der Waals surface area contributed by atoms with E-state index in [9.17, 15) is 0 Å². The molecule has 6 nitrogen and oxygen atoms in total. The fourth-order valence-electron chi connectivity index (χ4n) is 3.81. The summed E-state index contributed by atoms with van der Waals surface area (Å²) in [5.41, 5.74) is 2.19. The Bertz CT molecular complexity index is 1150. The summed E-state index contributed by atoms with van der Waals surface area (Å²) in [6, 6.07) is 22.4. The van der Waals surface area contributed by atoms with Crippen LogP contribution in [0.15, 0.2) is 71.3 Å². The van der Waals surface area contributed by atoms with Crippen LogP contribution >= 0.6 is 24.8 Å². The van der Waals surface area contributed by atoms with Crippen LogP contribution in [0.25, 0.3) is 22.2 Å². The largest absolute Gasteiger partial charge is 0.484 e. The fourth-order valence-corrected chi connectivity index (χ4v) is 3.81. The van der Waals surface area contributed by atoms with Gasteiger partial charge in [0.25, 0.3) is 5.89 Å². The van der Waals surface area contributed by atoms with Crippen LogP contribution in [0, 0.1) is 0 Å². The van der Waals surface area contributed by atoms with Crippen LogP contribution in [0.1, 0.15) is 5.89 Å². The topological polar surface area (TPSA) is 54.6 Å². The minimum atomic E-state index is 0. The van der Waals surface area contributed by atoms with Crippen LogP contribution in [0.3, 0.4) is 0 Å². The summed E-state index contributed by atoms with van der Waals surface area (Å²) >= 11 is 0. The SMILES string of the molecule is CN1CCN(c2cccc3ccc(OCc4nc(-c5ccccc5)no4)cc23)CC1.Cl.Cl. The van der Waals surface area contributed by atoms with E-state index in [1.165, 1.54) is 16.5 Å². The molecular formula is C24H26Cl2N4O2. The van der Waals surface area contributed by atoms with Gasteiger partial charge in [0.1, 0.15) is 5.75 Å². The summed E-state index contributed by atoms with van der Waals surface area (Å²) in [5, 5.41) is 6.47. The second-order valence-corrected chi connectivity index (χ2v) is 7.62. The maximum absolute atomic E-state index is 5.99. The van der Waals surface area contributed by atoms with Crippen LogP contribution in [-0.2, 0) is 6.61 Å². The standard InChI is InChI=1S/C24H24N4O2.2ClH/c1-27-12-14-28(15-13-27)22-9-5-8-18-10-11-20(16-21(18)22)29-17-23-25-24(26-30-23)19-6-3-2-4-7-19;;/h2-11,16H,12-15,17H2,1H3;2*1H. The first kappa shape index (κ1) is 23.9. The predicted octanol–water partition coefficient (Wildman–Crippen LogP) is 5.06. The molecule has 1 fully saturated rings. The van der Waals surface area contributed by atoms with Gasteiger partial charge in [-0.3, -0.25) is 0 Å². The number of likely N-dealkylation sites (N-methyl/N-ethyl adjacent to an activating group) is 1. The van der Waals surface area contributed by atoms with Gasteiger partial charge >= 0.3 is 0 Å². The number of aromatic nitrogens is 2. The number of ether oxygens (including phenoxy) is 1. The highest BCUT2D eigenvalue weighted by Gasteiger charge is 2.16. The highest BCUT2D eigenvalue weighted by Crippen LogP contribution is 2.31. The summed E-state index contributed by atoms with van der Waals surface area (Å²) < 4.78 is 11.3. The van der Waals surface area contributed by atoms with E-state index in [0.29, 0.717) is 11.7 Å². The van der Waals surface area contributed by atoms with Gasteiger partial charge in [-0.05, 0) is 30.6 Å². The molecule has 0 bridgehead atoms. The van der Waals surface area contributed by atoms with E-state index in [0.717, 1.165) is 37.5 Å². The first-order valence-electron chi connectivity index (χ1n) is 10.2. The summed E-state index contributed by atoms with van der Waals surface area (Å²) in [5.74, 6) is 1.83. The summed E-state index contributed by atoms with van der Waals surface area (Å²) in [7, 11) is 2.17. The van der Waals surface area contributed by atoms with Crippen molar-refractivity contribution < 1.29 is 9.26 Å². The molecule has 0 radical (unpaired) electrons. The van der Waals surface area contributed by atoms with Gasteiger partial charge in [-0.15, -0.1) is 24.8 Å². The molecule has 1 saturated heterocycles.